The van der Waals surface area contributed by atoms with E-state index in [-0.39, 0.29) is 6.03 Å². The molecule has 1 N–H and O–H groups in total. The minimum absolute atomic E-state index is 0.132. The highest BCUT2D eigenvalue weighted by molar-refractivity contribution is 5.73. The lowest BCUT2D eigenvalue weighted by Gasteiger charge is -2.16. The fraction of sp³-hybridized carbons (Fsp3) is 0.312. The van der Waals surface area contributed by atoms with Crippen LogP contribution in [0.25, 0.3) is 0 Å². The van der Waals surface area contributed by atoms with Crippen LogP contribution in [-0.2, 0) is 24.4 Å². The van der Waals surface area contributed by atoms with Crippen LogP contribution < -0.4 is 5.32 Å². The standard InChI is InChI=1S/C16H20N2O3/c1-18(11-15-4-3-9-21-15)16(19)17-10-13-5-7-14(8-6-13)12-20-2/h3-9H,10-12H2,1-2H3,(H,17,19). The van der Waals surface area contributed by atoms with E-state index in [4.69, 9.17) is 9.15 Å². The van der Waals surface area contributed by atoms with Gasteiger partial charge in [-0.1, -0.05) is 24.3 Å². The molecular formula is C16H20N2O3. The van der Waals surface area contributed by atoms with Crippen molar-refractivity contribution in [2.45, 2.75) is 19.7 Å². The monoisotopic (exact) mass is 288 g/mol. The molecule has 5 heteroatoms. The topological polar surface area (TPSA) is 54.7 Å². The van der Waals surface area contributed by atoms with Gasteiger partial charge < -0.3 is 19.4 Å². The van der Waals surface area contributed by atoms with E-state index < -0.39 is 0 Å². The molecule has 0 atom stereocenters. The number of nitrogens with one attached hydrogen (secondary N) is 1. The van der Waals surface area contributed by atoms with Crippen molar-refractivity contribution in [1.82, 2.24) is 10.2 Å². The Labute approximate surface area is 124 Å². The Morgan fingerprint density at radius 1 is 1.24 bits per heavy atom. The van der Waals surface area contributed by atoms with Gasteiger partial charge in [0.05, 0.1) is 19.4 Å². The Morgan fingerprint density at radius 2 is 1.95 bits per heavy atom. The quantitative estimate of drug-likeness (QED) is 0.889. The summed E-state index contributed by atoms with van der Waals surface area (Å²) in [4.78, 5) is 13.5. The predicted octanol–water partition coefficient (Wildman–Crippen LogP) is 2.77. The predicted molar refractivity (Wildman–Crippen MR) is 79.6 cm³/mol. The third kappa shape index (κ3) is 4.65. The van der Waals surface area contributed by atoms with E-state index in [1.54, 1.807) is 25.3 Å². The minimum Gasteiger partial charge on any atom is -0.467 e. The molecule has 0 spiro atoms. The van der Waals surface area contributed by atoms with E-state index in [9.17, 15) is 4.79 Å². The molecule has 0 saturated heterocycles. The number of rotatable bonds is 6. The van der Waals surface area contributed by atoms with Crippen molar-refractivity contribution >= 4 is 6.03 Å². The summed E-state index contributed by atoms with van der Waals surface area (Å²) in [5, 5.41) is 2.88. The van der Waals surface area contributed by atoms with Gasteiger partial charge in [-0.2, -0.15) is 0 Å². The third-order valence-corrected chi connectivity index (χ3v) is 3.10. The summed E-state index contributed by atoms with van der Waals surface area (Å²) in [5.74, 6) is 0.761. The van der Waals surface area contributed by atoms with Crippen LogP contribution >= 0.6 is 0 Å². The van der Waals surface area contributed by atoms with E-state index in [0.717, 1.165) is 16.9 Å². The molecule has 0 aliphatic carbocycles. The van der Waals surface area contributed by atoms with Crippen LogP contribution in [0.4, 0.5) is 4.79 Å². The van der Waals surface area contributed by atoms with Crippen LogP contribution in [0.1, 0.15) is 16.9 Å². The fourth-order valence-corrected chi connectivity index (χ4v) is 1.94. The van der Waals surface area contributed by atoms with Crippen molar-refractivity contribution in [2.75, 3.05) is 14.2 Å². The molecule has 1 aromatic heterocycles. The molecule has 21 heavy (non-hydrogen) atoms. The molecule has 0 saturated carbocycles. The van der Waals surface area contributed by atoms with Crippen LogP contribution in [0.5, 0.6) is 0 Å². The number of benzene rings is 1. The van der Waals surface area contributed by atoms with Gasteiger partial charge >= 0.3 is 6.03 Å². The lowest BCUT2D eigenvalue weighted by molar-refractivity contribution is 0.185. The number of carbonyl (C=O) groups is 1. The fourth-order valence-electron chi connectivity index (χ4n) is 1.94. The largest absolute Gasteiger partial charge is 0.467 e. The molecule has 0 aliphatic rings. The normalized spacial score (nSPS) is 10.4. The van der Waals surface area contributed by atoms with Crippen LogP contribution in [0.15, 0.2) is 47.1 Å². The van der Waals surface area contributed by atoms with Crippen molar-refractivity contribution in [3.05, 3.63) is 59.5 Å². The van der Waals surface area contributed by atoms with Gasteiger partial charge in [-0.15, -0.1) is 0 Å². The molecule has 5 nitrogen and oxygen atoms in total. The van der Waals surface area contributed by atoms with E-state index in [0.29, 0.717) is 19.7 Å². The number of nitrogens with zero attached hydrogens (tertiary/aromatic N) is 1. The first-order valence-electron chi connectivity index (χ1n) is 6.77. The van der Waals surface area contributed by atoms with Crippen molar-refractivity contribution in [3.8, 4) is 0 Å². The van der Waals surface area contributed by atoms with Crippen molar-refractivity contribution in [1.29, 1.82) is 0 Å². The van der Waals surface area contributed by atoms with Gasteiger partial charge in [-0.3, -0.25) is 0 Å². The Balaban J connectivity index is 1.80. The zero-order chi connectivity index (χ0) is 15.1. The number of hydrogen-bond donors (Lipinski definition) is 1. The number of hydrogen-bond acceptors (Lipinski definition) is 3. The first-order valence-corrected chi connectivity index (χ1v) is 6.77. The molecule has 2 amide bonds. The first kappa shape index (κ1) is 15.1. The third-order valence-electron chi connectivity index (χ3n) is 3.10. The molecule has 112 valence electrons. The van der Waals surface area contributed by atoms with Crippen LogP contribution in [0.3, 0.4) is 0 Å². The molecule has 0 bridgehead atoms. The highest BCUT2D eigenvalue weighted by atomic mass is 16.5. The number of methoxy groups -OCH3 is 1. The van der Waals surface area contributed by atoms with Gasteiger partial charge in [0.15, 0.2) is 0 Å². The summed E-state index contributed by atoms with van der Waals surface area (Å²) in [5.41, 5.74) is 2.16. The Kier molecular flexibility index (Phi) is 5.40. The van der Waals surface area contributed by atoms with Gasteiger partial charge in [0.2, 0.25) is 0 Å². The molecule has 0 aliphatic heterocycles. The number of ether oxygens (including phenoxy) is 1. The SMILES string of the molecule is COCc1ccc(CNC(=O)N(C)Cc2ccco2)cc1. The lowest BCUT2D eigenvalue weighted by Crippen LogP contribution is -2.36. The molecular weight excluding hydrogens is 268 g/mol. The molecule has 0 unspecified atom stereocenters. The van der Waals surface area contributed by atoms with Crippen LogP contribution in [0, 0.1) is 0 Å². The second-order valence-electron chi connectivity index (χ2n) is 4.84. The summed E-state index contributed by atoms with van der Waals surface area (Å²) in [7, 11) is 3.41. The van der Waals surface area contributed by atoms with Crippen molar-refractivity contribution in [3.63, 3.8) is 0 Å². The number of urea groups is 1. The molecule has 0 radical (unpaired) electrons. The molecule has 2 aromatic rings. The first-order chi connectivity index (χ1) is 10.2. The zero-order valence-electron chi connectivity index (χ0n) is 12.3. The van der Waals surface area contributed by atoms with Gasteiger partial charge in [-0.25, -0.2) is 4.79 Å². The van der Waals surface area contributed by atoms with Crippen molar-refractivity contribution < 1.29 is 13.9 Å². The van der Waals surface area contributed by atoms with Crippen LogP contribution in [-0.4, -0.2) is 25.1 Å². The molecule has 1 heterocycles. The number of amides is 2. The second-order valence-corrected chi connectivity index (χ2v) is 4.84. The summed E-state index contributed by atoms with van der Waals surface area (Å²) >= 11 is 0. The van der Waals surface area contributed by atoms with Gasteiger partial charge in [0.1, 0.15) is 5.76 Å². The maximum Gasteiger partial charge on any atom is 0.317 e. The second kappa shape index (κ2) is 7.50. The molecule has 1 aromatic carbocycles. The molecule has 2 rings (SSSR count). The van der Waals surface area contributed by atoms with Gasteiger partial charge in [0.25, 0.3) is 0 Å². The Bertz CT molecular complexity index is 549. The summed E-state index contributed by atoms with van der Waals surface area (Å²) in [6, 6.07) is 11.5. The number of furan rings is 1. The van der Waals surface area contributed by atoms with E-state index in [1.165, 1.54) is 0 Å². The maximum absolute atomic E-state index is 12.0. The maximum atomic E-state index is 12.0. The smallest absolute Gasteiger partial charge is 0.317 e. The zero-order valence-corrected chi connectivity index (χ0v) is 12.3. The van der Waals surface area contributed by atoms with Crippen LogP contribution in [0.2, 0.25) is 0 Å². The Hall–Kier alpha value is -2.27. The Morgan fingerprint density at radius 3 is 2.57 bits per heavy atom. The van der Waals surface area contributed by atoms with E-state index >= 15 is 0 Å². The summed E-state index contributed by atoms with van der Waals surface area (Å²) in [6.45, 7) is 1.54. The number of carbonyl (C=O) groups excluding carboxylic acids is 1. The minimum atomic E-state index is -0.132. The van der Waals surface area contributed by atoms with Gasteiger partial charge in [-0.05, 0) is 23.3 Å². The highest BCUT2D eigenvalue weighted by Gasteiger charge is 2.09. The lowest BCUT2D eigenvalue weighted by atomic mass is 10.1. The van der Waals surface area contributed by atoms with E-state index in [1.807, 2.05) is 36.4 Å². The van der Waals surface area contributed by atoms with E-state index in [2.05, 4.69) is 5.32 Å². The summed E-state index contributed by atoms with van der Waals surface area (Å²) < 4.78 is 10.3. The highest BCUT2D eigenvalue weighted by Crippen LogP contribution is 2.06. The van der Waals surface area contributed by atoms with Gasteiger partial charge in [0, 0.05) is 20.7 Å². The average Bonchev–Trinajstić information content (AvgIpc) is 2.99. The molecule has 0 fully saturated rings. The summed E-state index contributed by atoms with van der Waals surface area (Å²) in [6.07, 6.45) is 1.60. The van der Waals surface area contributed by atoms with Crippen molar-refractivity contribution in [2.24, 2.45) is 0 Å². The average molecular weight is 288 g/mol.